The summed E-state index contributed by atoms with van der Waals surface area (Å²) in [6.07, 6.45) is 2.41. The van der Waals surface area contributed by atoms with E-state index in [-0.39, 0.29) is 0 Å². The fraction of sp³-hybridized carbons (Fsp3) is 1.00. The molecule has 0 spiro atoms. The van der Waals surface area contributed by atoms with Crippen molar-refractivity contribution in [1.29, 1.82) is 0 Å². The van der Waals surface area contributed by atoms with E-state index < -0.39 is 0 Å². The molecule has 12 heavy (non-hydrogen) atoms. The zero-order valence-electron chi connectivity index (χ0n) is 8.61. The maximum atomic E-state index is 3.45. The minimum absolute atomic E-state index is 0.650. The van der Waals surface area contributed by atoms with Crippen LogP contribution in [0.5, 0.6) is 0 Å². The van der Waals surface area contributed by atoms with Crippen molar-refractivity contribution in [3.05, 3.63) is 0 Å². The third kappa shape index (κ3) is 6.58. The Morgan fingerprint density at radius 2 is 2.00 bits per heavy atom. The second-order valence-electron chi connectivity index (χ2n) is 2.98. The van der Waals surface area contributed by atoms with E-state index >= 15 is 0 Å². The molecular formula is C9H23N3. The molecule has 0 aliphatic heterocycles. The van der Waals surface area contributed by atoms with E-state index in [1.807, 2.05) is 7.05 Å². The highest BCUT2D eigenvalue weighted by Gasteiger charge is 2.02. The molecule has 0 heterocycles. The molecule has 74 valence electrons. The molecule has 0 saturated heterocycles. The van der Waals surface area contributed by atoms with Crippen molar-refractivity contribution in [2.45, 2.75) is 32.7 Å². The standard InChI is InChI=1S/C9H23N3/c1-4-9(6-7-10-3)12-8-11-5-2/h9-12H,4-8H2,1-3H3. The average Bonchev–Trinajstić information content (AvgIpc) is 2.11. The fourth-order valence-electron chi connectivity index (χ4n) is 1.11. The molecule has 1 unspecified atom stereocenters. The summed E-state index contributed by atoms with van der Waals surface area (Å²) in [4.78, 5) is 0. The highest BCUT2D eigenvalue weighted by molar-refractivity contribution is 4.64. The van der Waals surface area contributed by atoms with Gasteiger partial charge in [0.2, 0.25) is 0 Å². The first-order valence-corrected chi connectivity index (χ1v) is 4.93. The predicted molar refractivity (Wildman–Crippen MR) is 54.3 cm³/mol. The van der Waals surface area contributed by atoms with Crippen molar-refractivity contribution in [3.8, 4) is 0 Å². The van der Waals surface area contributed by atoms with Gasteiger partial charge in [0.1, 0.15) is 0 Å². The van der Waals surface area contributed by atoms with E-state index in [0.29, 0.717) is 6.04 Å². The van der Waals surface area contributed by atoms with Gasteiger partial charge >= 0.3 is 0 Å². The summed E-state index contributed by atoms with van der Waals surface area (Å²) in [5, 5.41) is 9.87. The van der Waals surface area contributed by atoms with Crippen LogP contribution in [0.1, 0.15) is 26.7 Å². The number of hydrogen-bond donors (Lipinski definition) is 3. The van der Waals surface area contributed by atoms with Crippen LogP contribution in [-0.2, 0) is 0 Å². The van der Waals surface area contributed by atoms with E-state index in [1.165, 1.54) is 12.8 Å². The minimum atomic E-state index is 0.650. The van der Waals surface area contributed by atoms with Gasteiger partial charge in [0, 0.05) is 12.7 Å². The van der Waals surface area contributed by atoms with Gasteiger partial charge in [-0.05, 0) is 33.0 Å². The Balaban J connectivity index is 3.26. The van der Waals surface area contributed by atoms with Gasteiger partial charge in [-0.25, -0.2) is 0 Å². The lowest BCUT2D eigenvalue weighted by Gasteiger charge is -2.16. The molecular weight excluding hydrogens is 150 g/mol. The fourth-order valence-corrected chi connectivity index (χ4v) is 1.11. The lowest BCUT2D eigenvalue weighted by molar-refractivity contribution is 0.441. The summed E-state index contributed by atoms with van der Waals surface area (Å²) >= 11 is 0. The van der Waals surface area contributed by atoms with Crippen LogP contribution in [0, 0.1) is 0 Å². The highest BCUT2D eigenvalue weighted by Crippen LogP contribution is 1.94. The number of rotatable bonds is 8. The maximum Gasteiger partial charge on any atom is 0.0456 e. The van der Waals surface area contributed by atoms with E-state index in [2.05, 4.69) is 29.8 Å². The molecule has 0 aliphatic carbocycles. The smallest absolute Gasteiger partial charge is 0.0456 e. The maximum absolute atomic E-state index is 3.45. The Bertz CT molecular complexity index is 85.8. The topological polar surface area (TPSA) is 36.1 Å². The summed E-state index contributed by atoms with van der Waals surface area (Å²) in [6.45, 7) is 7.40. The molecule has 0 bridgehead atoms. The van der Waals surface area contributed by atoms with Gasteiger partial charge in [-0.2, -0.15) is 0 Å². The molecule has 0 rings (SSSR count). The highest BCUT2D eigenvalue weighted by atomic mass is 15.1. The molecule has 0 radical (unpaired) electrons. The normalized spacial score (nSPS) is 13.2. The molecule has 0 fully saturated rings. The van der Waals surface area contributed by atoms with Crippen LogP contribution in [-0.4, -0.2) is 32.8 Å². The van der Waals surface area contributed by atoms with Gasteiger partial charge in [-0.15, -0.1) is 0 Å². The van der Waals surface area contributed by atoms with E-state index in [9.17, 15) is 0 Å². The van der Waals surface area contributed by atoms with Crippen LogP contribution in [0.4, 0.5) is 0 Å². The van der Waals surface area contributed by atoms with Crippen molar-refractivity contribution in [3.63, 3.8) is 0 Å². The van der Waals surface area contributed by atoms with Gasteiger partial charge in [0.15, 0.2) is 0 Å². The van der Waals surface area contributed by atoms with Gasteiger partial charge in [-0.3, -0.25) is 0 Å². The van der Waals surface area contributed by atoms with Crippen molar-refractivity contribution < 1.29 is 0 Å². The van der Waals surface area contributed by atoms with Gasteiger partial charge in [0.05, 0.1) is 0 Å². The van der Waals surface area contributed by atoms with Gasteiger partial charge in [0.25, 0.3) is 0 Å². The molecule has 0 aromatic carbocycles. The van der Waals surface area contributed by atoms with E-state index in [0.717, 1.165) is 19.8 Å². The Labute approximate surface area is 76.3 Å². The third-order valence-corrected chi connectivity index (χ3v) is 2.00. The lowest BCUT2D eigenvalue weighted by Crippen LogP contribution is -2.38. The molecule has 0 amide bonds. The van der Waals surface area contributed by atoms with E-state index in [4.69, 9.17) is 0 Å². The first-order valence-electron chi connectivity index (χ1n) is 4.93. The third-order valence-electron chi connectivity index (χ3n) is 2.00. The van der Waals surface area contributed by atoms with Crippen molar-refractivity contribution in [1.82, 2.24) is 16.0 Å². The lowest BCUT2D eigenvalue weighted by atomic mass is 10.1. The quantitative estimate of drug-likeness (QED) is 0.370. The van der Waals surface area contributed by atoms with Gasteiger partial charge in [-0.1, -0.05) is 13.8 Å². The largest absolute Gasteiger partial charge is 0.320 e. The average molecular weight is 173 g/mol. The van der Waals surface area contributed by atoms with Gasteiger partial charge < -0.3 is 16.0 Å². The summed E-state index contributed by atoms with van der Waals surface area (Å²) in [5.41, 5.74) is 0. The number of nitrogens with one attached hydrogen (secondary N) is 3. The summed E-state index contributed by atoms with van der Waals surface area (Å²) in [7, 11) is 2.00. The van der Waals surface area contributed by atoms with Crippen LogP contribution in [0.15, 0.2) is 0 Å². The van der Waals surface area contributed by atoms with Crippen LogP contribution < -0.4 is 16.0 Å². The van der Waals surface area contributed by atoms with Crippen LogP contribution in [0.25, 0.3) is 0 Å². The second-order valence-corrected chi connectivity index (χ2v) is 2.98. The summed E-state index contributed by atoms with van der Waals surface area (Å²) in [5.74, 6) is 0. The Kier molecular flexibility index (Phi) is 8.88. The molecule has 3 heteroatoms. The summed E-state index contributed by atoms with van der Waals surface area (Å²) in [6, 6.07) is 0.650. The zero-order valence-corrected chi connectivity index (χ0v) is 8.61. The van der Waals surface area contributed by atoms with Crippen molar-refractivity contribution in [2.24, 2.45) is 0 Å². The minimum Gasteiger partial charge on any atom is -0.320 e. The monoisotopic (exact) mass is 173 g/mol. The molecule has 3 N–H and O–H groups in total. The Morgan fingerprint density at radius 3 is 2.50 bits per heavy atom. The van der Waals surface area contributed by atoms with Crippen molar-refractivity contribution in [2.75, 3.05) is 26.8 Å². The van der Waals surface area contributed by atoms with Crippen LogP contribution in [0.2, 0.25) is 0 Å². The first-order chi connectivity index (χ1) is 5.85. The van der Waals surface area contributed by atoms with E-state index in [1.54, 1.807) is 0 Å². The summed E-state index contributed by atoms with van der Waals surface area (Å²) < 4.78 is 0. The number of hydrogen-bond acceptors (Lipinski definition) is 3. The molecule has 0 aliphatic rings. The van der Waals surface area contributed by atoms with Crippen LogP contribution in [0.3, 0.4) is 0 Å². The zero-order chi connectivity index (χ0) is 9.23. The second kappa shape index (κ2) is 8.97. The Morgan fingerprint density at radius 1 is 1.25 bits per heavy atom. The van der Waals surface area contributed by atoms with Crippen LogP contribution >= 0.6 is 0 Å². The predicted octanol–water partition coefficient (Wildman–Crippen LogP) is 0.531. The SMILES string of the molecule is CCNCNC(CC)CCNC. The first kappa shape index (κ1) is 11.9. The Hall–Kier alpha value is -0.120. The molecule has 0 aromatic rings. The molecule has 0 saturated carbocycles. The molecule has 0 aromatic heterocycles. The molecule has 3 nitrogen and oxygen atoms in total. The molecule has 1 atom stereocenters. The van der Waals surface area contributed by atoms with Crippen molar-refractivity contribution >= 4 is 0 Å².